The average Bonchev–Trinajstić information content (AvgIpc) is 3.25. The first kappa shape index (κ1) is 18.5. The van der Waals surface area contributed by atoms with Gasteiger partial charge in [-0.25, -0.2) is 14.6 Å². The quantitative estimate of drug-likeness (QED) is 0.568. The van der Waals surface area contributed by atoms with Gasteiger partial charge in [0.25, 0.3) is 0 Å². The number of fused-ring (bicyclic) bond motifs is 1. The third-order valence-corrected chi connectivity index (χ3v) is 5.54. The van der Waals surface area contributed by atoms with Crippen LogP contribution in [0, 0.1) is 11.8 Å². The Labute approximate surface area is 165 Å². The van der Waals surface area contributed by atoms with E-state index in [4.69, 9.17) is 10.8 Å². The summed E-state index contributed by atoms with van der Waals surface area (Å²) in [6.07, 6.45) is 11.9. The Hall–Kier alpha value is -2.87. The van der Waals surface area contributed by atoms with Gasteiger partial charge in [0.15, 0.2) is 11.5 Å². The first-order valence-corrected chi connectivity index (χ1v) is 9.87. The van der Waals surface area contributed by atoms with E-state index in [2.05, 4.69) is 44.6 Å². The van der Waals surface area contributed by atoms with E-state index in [1.807, 2.05) is 23.9 Å². The largest absolute Gasteiger partial charge is 0.383 e. The van der Waals surface area contributed by atoms with Crippen molar-refractivity contribution in [2.24, 2.45) is 11.8 Å². The minimum Gasteiger partial charge on any atom is -0.383 e. The van der Waals surface area contributed by atoms with Crippen LogP contribution in [0.2, 0.25) is 0 Å². The predicted molar refractivity (Wildman–Crippen MR) is 112 cm³/mol. The van der Waals surface area contributed by atoms with Crippen molar-refractivity contribution in [3.05, 3.63) is 43.0 Å². The molecule has 2 aromatic heterocycles. The van der Waals surface area contributed by atoms with Gasteiger partial charge in [-0.2, -0.15) is 5.10 Å². The van der Waals surface area contributed by atoms with Gasteiger partial charge < -0.3 is 21.7 Å². The summed E-state index contributed by atoms with van der Waals surface area (Å²) in [4.78, 5) is 8.66. The van der Waals surface area contributed by atoms with Gasteiger partial charge in [0, 0.05) is 24.4 Å². The standard InChI is InChI=1S/C20H28N8/c1-3-5-14-15(4-2)23-10-16(14)26-19-17-18(21)24-12-25-20(17)28(27-19)11-13-6-8-22-9-7-13/h3-5,10,12-15,22-23H,2,6-9,11H2,1H3,(H,26,27)(H2,21,24,25)/b5-3-. The van der Waals surface area contributed by atoms with Crippen LogP contribution in [0.1, 0.15) is 19.8 Å². The minimum absolute atomic E-state index is 0.149. The fourth-order valence-electron chi connectivity index (χ4n) is 4.03. The Bertz CT molecular complexity index is 906. The number of hydrogen-bond acceptors (Lipinski definition) is 7. The fraction of sp³-hybridized carbons (Fsp3) is 0.450. The van der Waals surface area contributed by atoms with Crippen molar-refractivity contribution >= 4 is 22.7 Å². The van der Waals surface area contributed by atoms with E-state index < -0.39 is 0 Å². The van der Waals surface area contributed by atoms with E-state index in [9.17, 15) is 0 Å². The van der Waals surface area contributed by atoms with E-state index in [-0.39, 0.29) is 12.0 Å². The van der Waals surface area contributed by atoms with E-state index in [1.165, 1.54) is 6.33 Å². The lowest BCUT2D eigenvalue weighted by Gasteiger charge is -2.22. The molecule has 4 heterocycles. The van der Waals surface area contributed by atoms with Gasteiger partial charge in [-0.1, -0.05) is 18.2 Å². The monoisotopic (exact) mass is 380 g/mol. The molecule has 0 bridgehead atoms. The molecule has 8 heteroatoms. The number of allylic oxidation sites excluding steroid dienone is 1. The second-order valence-corrected chi connectivity index (χ2v) is 7.39. The Kier molecular flexibility index (Phi) is 5.29. The van der Waals surface area contributed by atoms with Crippen molar-refractivity contribution in [1.82, 2.24) is 30.4 Å². The van der Waals surface area contributed by atoms with E-state index in [0.717, 1.165) is 49.2 Å². The summed E-state index contributed by atoms with van der Waals surface area (Å²) >= 11 is 0. The maximum Gasteiger partial charge on any atom is 0.165 e. The van der Waals surface area contributed by atoms with Crippen LogP contribution in [-0.4, -0.2) is 38.9 Å². The molecule has 4 rings (SSSR count). The number of piperidine rings is 1. The van der Waals surface area contributed by atoms with Crippen LogP contribution >= 0.6 is 0 Å². The van der Waals surface area contributed by atoms with Gasteiger partial charge in [0.1, 0.15) is 17.5 Å². The molecule has 5 N–H and O–H groups in total. The predicted octanol–water partition coefficient (Wildman–Crippen LogP) is 2.01. The highest BCUT2D eigenvalue weighted by Crippen LogP contribution is 2.31. The maximum absolute atomic E-state index is 6.20. The summed E-state index contributed by atoms with van der Waals surface area (Å²) in [6.45, 7) is 8.89. The van der Waals surface area contributed by atoms with Crippen molar-refractivity contribution < 1.29 is 0 Å². The molecule has 2 aliphatic rings. The van der Waals surface area contributed by atoms with Crippen LogP contribution in [0.25, 0.3) is 11.0 Å². The fourth-order valence-corrected chi connectivity index (χ4v) is 4.03. The molecule has 2 aromatic rings. The summed E-state index contributed by atoms with van der Waals surface area (Å²) < 4.78 is 1.98. The molecule has 2 unspecified atom stereocenters. The molecule has 2 atom stereocenters. The highest BCUT2D eigenvalue weighted by atomic mass is 15.3. The van der Waals surface area contributed by atoms with Gasteiger partial charge in [-0.3, -0.25) is 0 Å². The Balaban J connectivity index is 1.66. The van der Waals surface area contributed by atoms with E-state index in [0.29, 0.717) is 17.6 Å². The summed E-state index contributed by atoms with van der Waals surface area (Å²) in [6, 6.07) is 0.149. The Morgan fingerprint density at radius 2 is 2.18 bits per heavy atom. The smallest absolute Gasteiger partial charge is 0.165 e. The molecule has 0 aliphatic carbocycles. The molecule has 0 radical (unpaired) electrons. The number of nitrogens with two attached hydrogens (primary N) is 1. The first-order valence-electron chi connectivity index (χ1n) is 9.87. The highest BCUT2D eigenvalue weighted by Gasteiger charge is 2.27. The van der Waals surface area contributed by atoms with Crippen molar-refractivity contribution in [1.29, 1.82) is 0 Å². The van der Waals surface area contributed by atoms with Crippen molar-refractivity contribution in [2.75, 3.05) is 24.1 Å². The van der Waals surface area contributed by atoms with Gasteiger partial charge in [0.2, 0.25) is 0 Å². The SMILES string of the molecule is C=CC1NC=C(Nc2nn(CC3CCNCC3)c3ncnc(N)c23)C1/C=C\C. The van der Waals surface area contributed by atoms with Crippen LogP contribution < -0.4 is 21.7 Å². The van der Waals surface area contributed by atoms with E-state index in [1.54, 1.807) is 0 Å². The minimum atomic E-state index is 0.149. The zero-order valence-corrected chi connectivity index (χ0v) is 16.2. The Morgan fingerprint density at radius 3 is 2.93 bits per heavy atom. The van der Waals surface area contributed by atoms with Gasteiger partial charge in [0.05, 0.1) is 6.04 Å². The molecule has 0 saturated carbocycles. The zero-order chi connectivity index (χ0) is 19.5. The number of nitrogens with one attached hydrogen (secondary N) is 3. The molecule has 0 spiro atoms. The lowest BCUT2D eigenvalue weighted by molar-refractivity contribution is 0.325. The lowest BCUT2D eigenvalue weighted by Crippen LogP contribution is -2.30. The first-order chi connectivity index (χ1) is 13.7. The topological polar surface area (TPSA) is 106 Å². The number of aromatic nitrogens is 4. The number of nitrogen functional groups attached to an aromatic ring is 1. The number of nitrogens with zero attached hydrogens (tertiary/aromatic N) is 4. The van der Waals surface area contributed by atoms with Crippen LogP contribution in [-0.2, 0) is 6.54 Å². The molecule has 28 heavy (non-hydrogen) atoms. The van der Waals surface area contributed by atoms with Crippen LogP contribution in [0.4, 0.5) is 11.6 Å². The highest BCUT2D eigenvalue weighted by molar-refractivity contribution is 5.96. The molecular formula is C20H28N8. The molecule has 1 fully saturated rings. The number of anilines is 2. The third-order valence-electron chi connectivity index (χ3n) is 5.54. The van der Waals surface area contributed by atoms with Crippen LogP contribution in [0.15, 0.2) is 43.0 Å². The molecule has 2 aliphatic heterocycles. The van der Waals surface area contributed by atoms with Crippen LogP contribution in [0.3, 0.4) is 0 Å². The number of hydrogen-bond donors (Lipinski definition) is 4. The second kappa shape index (κ2) is 8.02. The summed E-state index contributed by atoms with van der Waals surface area (Å²) in [7, 11) is 0. The Morgan fingerprint density at radius 1 is 1.36 bits per heavy atom. The van der Waals surface area contributed by atoms with Crippen molar-refractivity contribution in [2.45, 2.75) is 32.4 Å². The maximum atomic E-state index is 6.20. The lowest BCUT2D eigenvalue weighted by atomic mass is 9.98. The van der Waals surface area contributed by atoms with Gasteiger partial charge in [-0.15, -0.1) is 6.58 Å². The molecule has 0 amide bonds. The van der Waals surface area contributed by atoms with Gasteiger partial charge in [-0.05, 0) is 38.8 Å². The zero-order valence-electron chi connectivity index (χ0n) is 16.2. The van der Waals surface area contributed by atoms with Crippen LogP contribution in [0.5, 0.6) is 0 Å². The summed E-state index contributed by atoms with van der Waals surface area (Å²) in [5.41, 5.74) is 8.01. The summed E-state index contributed by atoms with van der Waals surface area (Å²) in [5, 5.41) is 15.8. The third kappa shape index (κ3) is 3.47. The molecular weight excluding hydrogens is 352 g/mol. The normalized spacial score (nSPS) is 23.1. The molecule has 148 valence electrons. The van der Waals surface area contributed by atoms with Crippen molar-refractivity contribution in [3.63, 3.8) is 0 Å². The molecule has 1 saturated heterocycles. The second-order valence-electron chi connectivity index (χ2n) is 7.39. The molecule has 0 aromatic carbocycles. The average molecular weight is 381 g/mol. The number of rotatable bonds is 6. The van der Waals surface area contributed by atoms with Gasteiger partial charge >= 0.3 is 0 Å². The van der Waals surface area contributed by atoms with Crippen molar-refractivity contribution in [3.8, 4) is 0 Å². The summed E-state index contributed by atoms with van der Waals surface area (Å²) in [5.74, 6) is 1.90. The van der Waals surface area contributed by atoms with E-state index >= 15 is 0 Å². The molecule has 8 nitrogen and oxygen atoms in total.